The van der Waals surface area contributed by atoms with Gasteiger partial charge in [-0.1, -0.05) is 12.1 Å². The Kier molecular flexibility index (Phi) is 2.18. The normalized spacial score (nSPS) is 25.9. The molecule has 2 saturated heterocycles. The highest BCUT2D eigenvalue weighted by molar-refractivity contribution is 5.88. The summed E-state index contributed by atoms with van der Waals surface area (Å²) in [7, 11) is 0. The molecule has 17 heavy (non-hydrogen) atoms. The Labute approximate surface area is 98.9 Å². The van der Waals surface area contributed by atoms with E-state index in [2.05, 4.69) is 0 Å². The Morgan fingerprint density at radius 2 is 2.18 bits per heavy atom. The van der Waals surface area contributed by atoms with Gasteiger partial charge in [0.15, 0.2) is 0 Å². The van der Waals surface area contributed by atoms with Gasteiger partial charge in [-0.2, -0.15) is 0 Å². The summed E-state index contributed by atoms with van der Waals surface area (Å²) in [5.41, 5.74) is 1.17. The lowest BCUT2D eigenvalue weighted by atomic mass is 9.86. The van der Waals surface area contributed by atoms with Crippen molar-refractivity contribution in [3.05, 3.63) is 35.4 Å². The minimum absolute atomic E-state index is 0.232. The number of nitrogens with zero attached hydrogens (tertiary/aromatic N) is 1. The van der Waals surface area contributed by atoms with Crippen molar-refractivity contribution >= 4 is 11.9 Å². The van der Waals surface area contributed by atoms with Crippen LogP contribution in [0, 0.1) is 5.92 Å². The van der Waals surface area contributed by atoms with Gasteiger partial charge in [-0.15, -0.1) is 0 Å². The fraction of sp³-hybridized carbons (Fsp3) is 0.385. The van der Waals surface area contributed by atoms with Crippen LogP contribution in [0.15, 0.2) is 24.3 Å². The Morgan fingerprint density at radius 1 is 1.41 bits per heavy atom. The van der Waals surface area contributed by atoms with E-state index in [-0.39, 0.29) is 17.4 Å². The fourth-order valence-electron chi connectivity index (χ4n) is 2.66. The number of fused-ring (bicyclic) bond motifs is 1. The highest BCUT2D eigenvalue weighted by atomic mass is 16.4. The zero-order valence-electron chi connectivity index (χ0n) is 9.30. The van der Waals surface area contributed by atoms with Crippen LogP contribution >= 0.6 is 0 Å². The number of hydrogen-bond donors (Lipinski definition) is 1. The summed E-state index contributed by atoms with van der Waals surface area (Å²) in [5.74, 6) is -0.456. The quantitative estimate of drug-likeness (QED) is 0.857. The molecule has 4 nitrogen and oxygen atoms in total. The number of carbonyl (C=O) groups is 2. The summed E-state index contributed by atoms with van der Waals surface area (Å²) >= 11 is 0. The first-order valence-electron chi connectivity index (χ1n) is 5.78. The Morgan fingerprint density at radius 3 is 2.76 bits per heavy atom. The maximum Gasteiger partial charge on any atom is 0.335 e. The van der Waals surface area contributed by atoms with Crippen LogP contribution < -0.4 is 0 Å². The Hall–Kier alpha value is -1.84. The van der Waals surface area contributed by atoms with E-state index < -0.39 is 5.97 Å². The molecular formula is C13H13NO3. The molecule has 1 saturated carbocycles. The maximum absolute atomic E-state index is 11.8. The number of benzene rings is 1. The van der Waals surface area contributed by atoms with Gasteiger partial charge in [0, 0.05) is 18.5 Å². The molecule has 1 N–H and O–H groups in total. The molecule has 3 fully saturated rings. The summed E-state index contributed by atoms with van der Waals surface area (Å²) in [6.45, 7) is 0.543. The van der Waals surface area contributed by atoms with Crippen LogP contribution in [0.2, 0.25) is 0 Å². The topological polar surface area (TPSA) is 57.6 Å². The minimum Gasteiger partial charge on any atom is -0.478 e. The van der Waals surface area contributed by atoms with Gasteiger partial charge in [0.1, 0.15) is 0 Å². The molecule has 1 aliphatic carbocycles. The van der Waals surface area contributed by atoms with E-state index >= 15 is 0 Å². The average molecular weight is 231 g/mol. The third kappa shape index (κ3) is 1.60. The van der Waals surface area contributed by atoms with Crippen LogP contribution in [-0.2, 0) is 11.3 Å². The summed E-state index contributed by atoms with van der Waals surface area (Å²) < 4.78 is 0. The monoisotopic (exact) mass is 231 g/mol. The molecule has 0 atom stereocenters. The fourth-order valence-corrected chi connectivity index (χ4v) is 2.66. The second-order valence-corrected chi connectivity index (χ2v) is 4.79. The molecule has 1 aromatic rings. The number of aromatic carboxylic acids is 1. The van der Waals surface area contributed by atoms with Crippen molar-refractivity contribution in [2.24, 2.45) is 5.92 Å². The molecule has 4 heteroatoms. The molecule has 1 amide bonds. The molecule has 0 unspecified atom stereocenters. The third-order valence-corrected chi connectivity index (χ3v) is 3.71. The van der Waals surface area contributed by atoms with Gasteiger partial charge in [-0.25, -0.2) is 4.79 Å². The van der Waals surface area contributed by atoms with Gasteiger partial charge in [-0.3, -0.25) is 4.79 Å². The minimum atomic E-state index is -0.927. The second kappa shape index (κ2) is 3.58. The standard InChI is InChI=1S/C13H13NO3/c15-12-10-5-11(6-10)14(12)7-8-2-1-3-9(4-8)13(16)17/h1-4,10-11H,5-7H2,(H,16,17). The van der Waals surface area contributed by atoms with Gasteiger partial charge >= 0.3 is 5.97 Å². The third-order valence-electron chi connectivity index (χ3n) is 3.71. The molecule has 0 spiro atoms. The average Bonchev–Trinajstić information content (AvgIpc) is 2.69. The Bertz CT molecular complexity index is 491. The van der Waals surface area contributed by atoms with E-state index in [0.717, 1.165) is 18.4 Å². The van der Waals surface area contributed by atoms with Crippen LogP contribution in [0.4, 0.5) is 0 Å². The first kappa shape index (κ1) is 10.3. The predicted molar refractivity (Wildman–Crippen MR) is 60.5 cm³/mol. The first-order valence-corrected chi connectivity index (χ1v) is 5.78. The number of carboxylic acids is 1. The first-order chi connectivity index (χ1) is 8.15. The summed E-state index contributed by atoms with van der Waals surface area (Å²) in [6.07, 6.45) is 1.97. The van der Waals surface area contributed by atoms with Gasteiger partial charge in [0.25, 0.3) is 0 Å². The van der Waals surface area contributed by atoms with Crippen molar-refractivity contribution in [3.63, 3.8) is 0 Å². The van der Waals surface area contributed by atoms with Crippen LogP contribution in [0.5, 0.6) is 0 Å². The SMILES string of the molecule is O=C(O)c1cccc(CN2C(=O)C3CC2C3)c1. The smallest absolute Gasteiger partial charge is 0.335 e. The lowest BCUT2D eigenvalue weighted by Crippen LogP contribution is -2.29. The molecule has 0 radical (unpaired) electrons. The van der Waals surface area contributed by atoms with E-state index in [1.165, 1.54) is 0 Å². The summed E-state index contributed by atoms with van der Waals surface area (Å²) in [4.78, 5) is 24.5. The van der Waals surface area contributed by atoms with Crippen LogP contribution in [0.1, 0.15) is 28.8 Å². The number of hydrogen-bond acceptors (Lipinski definition) is 2. The molecule has 2 aliphatic heterocycles. The van der Waals surface area contributed by atoms with Crippen LogP contribution in [-0.4, -0.2) is 27.9 Å². The van der Waals surface area contributed by atoms with E-state index in [4.69, 9.17) is 5.11 Å². The van der Waals surface area contributed by atoms with E-state index in [0.29, 0.717) is 12.6 Å². The molecule has 1 aromatic carbocycles. The molecule has 2 heterocycles. The molecule has 3 aliphatic rings. The van der Waals surface area contributed by atoms with Crippen molar-refractivity contribution in [1.82, 2.24) is 4.90 Å². The van der Waals surface area contributed by atoms with E-state index in [1.54, 1.807) is 18.2 Å². The van der Waals surface area contributed by atoms with E-state index in [9.17, 15) is 9.59 Å². The van der Waals surface area contributed by atoms with Crippen molar-refractivity contribution in [2.45, 2.75) is 25.4 Å². The summed E-state index contributed by atoms with van der Waals surface area (Å²) in [6, 6.07) is 7.20. The highest BCUT2D eigenvalue weighted by Gasteiger charge is 2.49. The second-order valence-electron chi connectivity index (χ2n) is 4.79. The number of carboxylic acid groups (broad SMARTS) is 1. The van der Waals surface area contributed by atoms with Gasteiger partial charge in [-0.05, 0) is 30.5 Å². The van der Waals surface area contributed by atoms with Gasteiger partial charge in [0.05, 0.1) is 5.56 Å². The highest BCUT2D eigenvalue weighted by Crippen LogP contribution is 2.42. The van der Waals surface area contributed by atoms with Crippen molar-refractivity contribution in [3.8, 4) is 0 Å². The van der Waals surface area contributed by atoms with Gasteiger partial charge < -0.3 is 10.0 Å². The number of carbonyl (C=O) groups excluding carboxylic acids is 1. The Balaban J connectivity index is 1.79. The van der Waals surface area contributed by atoms with Crippen molar-refractivity contribution in [2.75, 3.05) is 0 Å². The molecule has 2 bridgehead atoms. The van der Waals surface area contributed by atoms with Crippen molar-refractivity contribution < 1.29 is 14.7 Å². The zero-order chi connectivity index (χ0) is 12.0. The molecule has 4 rings (SSSR count). The number of rotatable bonds is 3. The number of amides is 1. The predicted octanol–water partition coefficient (Wildman–Crippen LogP) is 1.51. The van der Waals surface area contributed by atoms with E-state index in [1.807, 2.05) is 11.0 Å². The molecular weight excluding hydrogens is 218 g/mol. The van der Waals surface area contributed by atoms with Crippen LogP contribution in [0.3, 0.4) is 0 Å². The van der Waals surface area contributed by atoms with Gasteiger partial charge in [0.2, 0.25) is 5.91 Å². The molecule has 0 aromatic heterocycles. The largest absolute Gasteiger partial charge is 0.478 e. The molecule has 88 valence electrons. The lowest BCUT2D eigenvalue weighted by Gasteiger charge is -2.25. The van der Waals surface area contributed by atoms with Crippen molar-refractivity contribution in [1.29, 1.82) is 0 Å². The summed E-state index contributed by atoms with van der Waals surface area (Å²) in [5, 5.41) is 8.90. The lowest BCUT2D eigenvalue weighted by molar-refractivity contribution is -0.129. The van der Waals surface area contributed by atoms with Crippen LogP contribution in [0.25, 0.3) is 0 Å². The maximum atomic E-state index is 11.8. The zero-order valence-corrected chi connectivity index (χ0v) is 9.30.